The van der Waals surface area contributed by atoms with E-state index in [1.54, 1.807) is 12.1 Å². The topological polar surface area (TPSA) is 95.5 Å². The number of carbonyl (C=O) groups is 1. The molecule has 1 aromatic carbocycles. The van der Waals surface area contributed by atoms with Gasteiger partial charge in [-0.3, -0.25) is 0 Å². The van der Waals surface area contributed by atoms with E-state index in [4.69, 9.17) is 14.2 Å². The van der Waals surface area contributed by atoms with Gasteiger partial charge >= 0.3 is 0 Å². The summed E-state index contributed by atoms with van der Waals surface area (Å²) in [7, 11) is 4.53. The second kappa shape index (κ2) is 6.84. The van der Waals surface area contributed by atoms with Crippen molar-refractivity contribution in [3.63, 3.8) is 0 Å². The lowest BCUT2D eigenvalue weighted by atomic mass is 9.98. The second-order valence-electron chi connectivity index (χ2n) is 4.00. The molecule has 6 nitrogen and oxygen atoms in total. The van der Waals surface area contributed by atoms with Gasteiger partial charge in [-0.2, -0.15) is 0 Å². The molecule has 0 radical (unpaired) electrons. The second-order valence-corrected chi connectivity index (χ2v) is 4.00. The maximum Gasteiger partial charge on any atom is 0.203 e. The molecule has 3 N–H and O–H groups in total. The van der Waals surface area contributed by atoms with Gasteiger partial charge < -0.3 is 29.8 Å². The number of quaternary nitrogens is 1. The summed E-state index contributed by atoms with van der Waals surface area (Å²) < 4.78 is 15.7. The Bertz CT molecular complexity index is 447. The summed E-state index contributed by atoms with van der Waals surface area (Å²) in [6.45, 7) is 0.250. The van der Waals surface area contributed by atoms with Crippen molar-refractivity contribution in [2.75, 3.05) is 27.9 Å². The molecule has 0 bridgehead atoms. The first-order valence-electron chi connectivity index (χ1n) is 5.86. The van der Waals surface area contributed by atoms with Gasteiger partial charge in [-0.15, -0.1) is 0 Å². The average molecular weight is 269 g/mol. The number of benzene rings is 1. The van der Waals surface area contributed by atoms with Crippen LogP contribution in [0, 0.1) is 5.92 Å². The number of hydrogen-bond acceptors (Lipinski definition) is 5. The monoisotopic (exact) mass is 269 g/mol. The fourth-order valence-corrected chi connectivity index (χ4v) is 1.89. The average Bonchev–Trinajstić information content (AvgIpc) is 2.42. The Morgan fingerprint density at radius 2 is 1.84 bits per heavy atom. The third kappa shape index (κ3) is 3.29. The highest BCUT2D eigenvalue weighted by Gasteiger charge is 2.19. The molecule has 0 saturated carbocycles. The van der Waals surface area contributed by atoms with Crippen LogP contribution in [-0.2, 0) is 11.2 Å². The van der Waals surface area contributed by atoms with Crippen molar-refractivity contribution in [2.24, 2.45) is 5.92 Å². The van der Waals surface area contributed by atoms with E-state index < -0.39 is 11.9 Å². The quantitative estimate of drug-likeness (QED) is 0.675. The molecule has 1 aromatic rings. The Balaban J connectivity index is 3.17. The van der Waals surface area contributed by atoms with Gasteiger partial charge in [0.2, 0.25) is 5.75 Å². The van der Waals surface area contributed by atoms with Crippen LogP contribution < -0.4 is 25.1 Å². The number of methoxy groups -OCH3 is 3. The predicted molar refractivity (Wildman–Crippen MR) is 66.1 cm³/mol. The molecule has 0 aliphatic rings. The highest BCUT2D eigenvalue weighted by molar-refractivity contribution is 5.69. The van der Waals surface area contributed by atoms with E-state index >= 15 is 0 Å². The summed E-state index contributed by atoms with van der Waals surface area (Å²) in [5.41, 5.74) is 4.34. The number of carbonyl (C=O) groups excluding carboxylic acids is 1. The number of carboxylic acid groups (broad SMARTS) is 1. The molecule has 1 rings (SSSR count). The molecule has 0 saturated heterocycles. The summed E-state index contributed by atoms with van der Waals surface area (Å²) >= 11 is 0. The highest BCUT2D eigenvalue weighted by atomic mass is 16.5. The normalized spacial score (nSPS) is 11.8. The first-order valence-corrected chi connectivity index (χ1v) is 5.86. The Kier molecular flexibility index (Phi) is 5.44. The van der Waals surface area contributed by atoms with Gasteiger partial charge in [0.15, 0.2) is 11.5 Å². The van der Waals surface area contributed by atoms with Crippen LogP contribution in [0.2, 0.25) is 0 Å². The lowest BCUT2D eigenvalue weighted by molar-refractivity contribution is -0.387. The molecule has 106 valence electrons. The minimum atomic E-state index is -1.12. The number of aliphatic carboxylic acids is 1. The summed E-state index contributed by atoms with van der Waals surface area (Å²) in [5.74, 6) is -0.327. The molecule has 1 atom stereocenters. The van der Waals surface area contributed by atoms with Crippen molar-refractivity contribution in [3.8, 4) is 17.2 Å². The molecule has 0 heterocycles. The maximum atomic E-state index is 11.0. The van der Waals surface area contributed by atoms with E-state index in [1.165, 1.54) is 21.3 Å². The van der Waals surface area contributed by atoms with Crippen LogP contribution in [0.15, 0.2) is 12.1 Å². The molecule has 0 amide bonds. The standard InChI is InChI=1S/C13H19NO5/c1-17-10-5-4-8(6-9(7-14)13(15)16)11(18-2)12(10)19-3/h4-5,9H,6-7,14H2,1-3H3,(H,15,16)/t9-/m0/s1. The van der Waals surface area contributed by atoms with Crippen LogP contribution in [-0.4, -0.2) is 33.8 Å². The zero-order chi connectivity index (χ0) is 14.4. The van der Waals surface area contributed by atoms with Gasteiger partial charge in [0.25, 0.3) is 0 Å². The fourth-order valence-electron chi connectivity index (χ4n) is 1.89. The minimum absolute atomic E-state index is 0.250. The Morgan fingerprint density at radius 3 is 2.26 bits per heavy atom. The fraction of sp³-hybridized carbons (Fsp3) is 0.462. The van der Waals surface area contributed by atoms with Crippen LogP contribution >= 0.6 is 0 Å². The first kappa shape index (κ1) is 15.1. The lowest BCUT2D eigenvalue weighted by Crippen LogP contribution is -2.57. The molecule has 6 heteroatoms. The molecular weight excluding hydrogens is 250 g/mol. The van der Waals surface area contributed by atoms with E-state index in [-0.39, 0.29) is 13.0 Å². The Hall–Kier alpha value is -1.95. The number of ether oxygens (including phenoxy) is 3. The summed E-state index contributed by atoms with van der Waals surface area (Å²) in [6.07, 6.45) is 0.273. The molecule has 0 spiro atoms. The largest absolute Gasteiger partial charge is 0.550 e. The zero-order valence-corrected chi connectivity index (χ0v) is 11.4. The molecule has 0 aliphatic carbocycles. The predicted octanol–water partition coefficient (Wildman–Crippen LogP) is -1.14. The molecular formula is C13H19NO5. The highest BCUT2D eigenvalue weighted by Crippen LogP contribution is 2.40. The van der Waals surface area contributed by atoms with Crippen molar-refractivity contribution >= 4 is 5.97 Å². The molecule has 19 heavy (non-hydrogen) atoms. The van der Waals surface area contributed by atoms with Crippen molar-refractivity contribution < 1.29 is 29.8 Å². The van der Waals surface area contributed by atoms with E-state index in [9.17, 15) is 9.90 Å². The number of carboxylic acids is 1. The van der Waals surface area contributed by atoms with Crippen LogP contribution in [0.4, 0.5) is 0 Å². The van der Waals surface area contributed by atoms with Crippen LogP contribution in [0.1, 0.15) is 5.56 Å². The van der Waals surface area contributed by atoms with Gasteiger partial charge in [-0.25, -0.2) is 0 Å². The zero-order valence-electron chi connectivity index (χ0n) is 11.4. The summed E-state index contributed by atoms with van der Waals surface area (Å²) in [5, 5.41) is 11.0. The summed E-state index contributed by atoms with van der Waals surface area (Å²) in [4.78, 5) is 11.0. The molecule has 0 fully saturated rings. The van der Waals surface area contributed by atoms with Crippen molar-refractivity contribution in [2.45, 2.75) is 6.42 Å². The molecule has 0 unspecified atom stereocenters. The van der Waals surface area contributed by atoms with Crippen LogP contribution in [0.25, 0.3) is 0 Å². The first-order chi connectivity index (χ1) is 9.08. The number of hydrogen-bond donors (Lipinski definition) is 1. The van der Waals surface area contributed by atoms with Crippen molar-refractivity contribution in [1.82, 2.24) is 0 Å². The minimum Gasteiger partial charge on any atom is -0.550 e. The number of rotatable bonds is 7. The summed E-state index contributed by atoms with van der Waals surface area (Å²) in [6, 6.07) is 3.47. The van der Waals surface area contributed by atoms with Gasteiger partial charge in [0.1, 0.15) is 0 Å². The van der Waals surface area contributed by atoms with E-state index in [0.717, 1.165) is 5.56 Å². The van der Waals surface area contributed by atoms with Gasteiger partial charge in [-0.1, -0.05) is 6.07 Å². The van der Waals surface area contributed by atoms with Crippen molar-refractivity contribution in [3.05, 3.63) is 17.7 Å². The van der Waals surface area contributed by atoms with Gasteiger partial charge in [0, 0.05) is 0 Å². The smallest absolute Gasteiger partial charge is 0.203 e. The van der Waals surface area contributed by atoms with Crippen LogP contribution in [0.3, 0.4) is 0 Å². The Labute approximate surface area is 112 Å². The third-order valence-corrected chi connectivity index (χ3v) is 2.93. The lowest BCUT2D eigenvalue weighted by Gasteiger charge is -2.19. The Morgan fingerprint density at radius 1 is 1.21 bits per heavy atom. The molecule has 0 aliphatic heterocycles. The van der Waals surface area contributed by atoms with E-state index in [1.807, 2.05) is 0 Å². The van der Waals surface area contributed by atoms with Crippen molar-refractivity contribution in [1.29, 1.82) is 0 Å². The van der Waals surface area contributed by atoms with Gasteiger partial charge in [0.05, 0.1) is 39.8 Å². The van der Waals surface area contributed by atoms with Gasteiger partial charge in [-0.05, 0) is 18.1 Å². The third-order valence-electron chi connectivity index (χ3n) is 2.93. The van der Waals surface area contributed by atoms with E-state index in [0.29, 0.717) is 17.2 Å². The molecule has 0 aromatic heterocycles. The van der Waals surface area contributed by atoms with Crippen LogP contribution in [0.5, 0.6) is 17.2 Å². The maximum absolute atomic E-state index is 11.0. The SMILES string of the molecule is COc1ccc(C[C@@H](C[NH3+])C(=O)[O-])c(OC)c1OC. The van der Waals surface area contributed by atoms with E-state index in [2.05, 4.69) is 5.73 Å².